The van der Waals surface area contributed by atoms with Crippen molar-refractivity contribution in [2.75, 3.05) is 40.3 Å². The van der Waals surface area contributed by atoms with Crippen molar-refractivity contribution in [3.8, 4) is 5.75 Å². The first-order valence-corrected chi connectivity index (χ1v) is 9.89. The summed E-state index contributed by atoms with van der Waals surface area (Å²) in [7, 11) is 4.05. The fourth-order valence-corrected chi connectivity index (χ4v) is 3.89. The van der Waals surface area contributed by atoms with Crippen LogP contribution in [0, 0.1) is 18.8 Å². The van der Waals surface area contributed by atoms with Crippen LogP contribution >= 0.6 is 0 Å². The first kappa shape index (κ1) is 21.7. The number of hydrogen-bond donors (Lipinski definition) is 1. The minimum absolute atomic E-state index is 0.0154. The predicted molar refractivity (Wildman–Crippen MR) is 109 cm³/mol. The highest BCUT2D eigenvalue weighted by Crippen LogP contribution is 2.32. The lowest BCUT2D eigenvalue weighted by Crippen LogP contribution is -2.48. The summed E-state index contributed by atoms with van der Waals surface area (Å²) in [5.74, 6) is 1.50. The van der Waals surface area contributed by atoms with Gasteiger partial charge in [-0.2, -0.15) is 0 Å². The van der Waals surface area contributed by atoms with Gasteiger partial charge in [0.2, 0.25) is 0 Å². The smallest absolute Gasteiger partial charge is 0.266 e. The van der Waals surface area contributed by atoms with E-state index in [1.54, 1.807) is 0 Å². The third kappa shape index (κ3) is 5.23. The number of hydrogen-bond acceptors (Lipinski definition) is 4. The van der Waals surface area contributed by atoms with Crippen LogP contribution in [-0.2, 0) is 4.79 Å². The van der Waals surface area contributed by atoms with E-state index < -0.39 is 5.60 Å². The summed E-state index contributed by atoms with van der Waals surface area (Å²) in [6, 6.07) is 6.18. The zero-order valence-electron chi connectivity index (χ0n) is 18.0. The first-order chi connectivity index (χ1) is 12.5. The van der Waals surface area contributed by atoms with Crippen molar-refractivity contribution in [3.05, 3.63) is 29.3 Å². The second-order valence-corrected chi connectivity index (χ2v) is 8.98. The third-order valence-electron chi connectivity index (χ3n) is 5.37. The molecule has 1 aromatic rings. The number of aliphatic hydroxyl groups excluding tert-OH is 1. The van der Waals surface area contributed by atoms with Gasteiger partial charge in [-0.25, -0.2) is 0 Å². The molecule has 1 aliphatic heterocycles. The van der Waals surface area contributed by atoms with Gasteiger partial charge >= 0.3 is 0 Å². The molecule has 1 aliphatic rings. The average Bonchev–Trinajstić information content (AvgIpc) is 2.95. The number of ether oxygens (including phenoxy) is 1. The Kier molecular flexibility index (Phi) is 6.92. The van der Waals surface area contributed by atoms with Gasteiger partial charge in [0.1, 0.15) is 5.75 Å². The van der Waals surface area contributed by atoms with Crippen LogP contribution < -0.4 is 4.74 Å². The SMILES string of the molecule is Cc1ccc(C(C)C)c(OC(C)(C)C(=O)N2C[C@@H](CN(C)C)[C@@H](CO)C2)c1. The number of carbonyl (C=O) groups is 1. The van der Waals surface area contributed by atoms with E-state index in [-0.39, 0.29) is 24.3 Å². The molecule has 2 atom stereocenters. The van der Waals surface area contributed by atoms with E-state index in [2.05, 4.69) is 30.9 Å². The van der Waals surface area contributed by atoms with Crippen LogP contribution in [0.1, 0.15) is 44.7 Å². The Morgan fingerprint density at radius 2 is 1.93 bits per heavy atom. The Labute approximate surface area is 164 Å². The Hall–Kier alpha value is -1.59. The van der Waals surface area contributed by atoms with Crippen molar-refractivity contribution in [3.63, 3.8) is 0 Å². The molecule has 0 aromatic heterocycles. The van der Waals surface area contributed by atoms with E-state index in [1.165, 1.54) is 0 Å². The molecule has 0 aliphatic carbocycles. The third-order valence-corrected chi connectivity index (χ3v) is 5.37. The molecule has 27 heavy (non-hydrogen) atoms. The molecule has 5 nitrogen and oxygen atoms in total. The van der Waals surface area contributed by atoms with Crippen molar-refractivity contribution in [1.29, 1.82) is 0 Å². The van der Waals surface area contributed by atoms with Crippen molar-refractivity contribution in [1.82, 2.24) is 9.80 Å². The Morgan fingerprint density at radius 1 is 1.30 bits per heavy atom. The van der Waals surface area contributed by atoms with Crippen LogP contribution in [0.25, 0.3) is 0 Å². The molecule has 0 unspecified atom stereocenters. The quantitative estimate of drug-likeness (QED) is 0.795. The van der Waals surface area contributed by atoms with Gasteiger partial charge in [-0.3, -0.25) is 4.79 Å². The van der Waals surface area contributed by atoms with Crippen LogP contribution in [0.4, 0.5) is 0 Å². The maximum Gasteiger partial charge on any atom is 0.266 e. The molecule has 0 saturated carbocycles. The topological polar surface area (TPSA) is 53.0 Å². The number of aliphatic hydroxyl groups is 1. The van der Waals surface area contributed by atoms with Crippen LogP contribution in [0.3, 0.4) is 0 Å². The zero-order chi connectivity index (χ0) is 20.4. The van der Waals surface area contributed by atoms with Crippen molar-refractivity contribution < 1.29 is 14.6 Å². The van der Waals surface area contributed by atoms with Crippen molar-refractivity contribution in [2.24, 2.45) is 11.8 Å². The fraction of sp³-hybridized carbons (Fsp3) is 0.682. The van der Waals surface area contributed by atoms with Crippen molar-refractivity contribution in [2.45, 2.75) is 46.1 Å². The highest BCUT2D eigenvalue weighted by atomic mass is 16.5. The molecular weight excluding hydrogens is 340 g/mol. The average molecular weight is 377 g/mol. The summed E-state index contributed by atoms with van der Waals surface area (Å²) in [5.41, 5.74) is 1.27. The predicted octanol–water partition coefficient (Wildman–Crippen LogP) is 2.90. The Balaban J connectivity index is 2.17. The maximum absolute atomic E-state index is 13.2. The van der Waals surface area contributed by atoms with Crippen LogP contribution in [0.5, 0.6) is 5.75 Å². The molecule has 1 aromatic carbocycles. The summed E-state index contributed by atoms with van der Waals surface area (Å²) < 4.78 is 6.27. The normalized spacial score (nSPS) is 20.6. The molecule has 5 heteroatoms. The van der Waals surface area contributed by atoms with Gasteiger partial charge in [-0.15, -0.1) is 0 Å². The number of rotatable bonds is 7. The van der Waals surface area contributed by atoms with E-state index in [9.17, 15) is 9.90 Å². The monoisotopic (exact) mass is 376 g/mol. The molecule has 0 bridgehead atoms. The lowest BCUT2D eigenvalue weighted by molar-refractivity contribution is -0.144. The number of benzene rings is 1. The number of aryl methyl sites for hydroxylation is 1. The van der Waals surface area contributed by atoms with Gasteiger partial charge in [0, 0.05) is 32.2 Å². The van der Waals surface area contributed by atoms with Gasteiger partial charge in [-0.1, -0.05) is 26.0 Å². The summed E-state index contributed by atoms with van der Waals surface area (Å²) in [4.78, 5) is 17.2. The van der Waals surface area contributed by atoms with Crippen LogP contribution in [-0.4, -0.2) is 66.8 Å². The minimum Gasteiger partial charge on any atom is -0.478 e. The molecule has 0 radical (unpaired) electrons. The minimum atomic E-state index is -0.954. The van der Waals surface area contributed by atoms with Gasteiger partial charge in [0.15, 0.2) is 5.60 Å². The highest BCUT2D eigenvalue weighted by Gasteiger charge is 2.41. The lowest BCUT2D eigenvalue weighted by Gasteiger charge is -2.31. The highest BCUT2D eigenvalue weighted by molar-refractivity contribution is 5.85. The van der Waals surface area contributed by atoms with Gasteiger partial charge in [0.05, 0.1) is 0 Å². The van der Waals surface area contributed by atoms with E-state index in [0.717, 1.165) is 23.4 Å². The van der Waals surface area contributed by atoms with Crippen molar-refractivity contribution >= 4 is 5.91 Å². The summed E-state index contributed by atoms with van der Waals surface area (Å²) in [5, 5.41) is 9.73. The molecular formula is C22H36N2O3. The largest absolute Gasteiger partial charge is 0.478 e. The molecule has 1 fully saturated rings. The number of amides is 1. The van der Waals surface area contributed by atoms with Gasteiger partial charge in [-0.05, 0) is 63.9 Å². The zero-order valence-corrected chi connectivity index (χ0v) is 18.0. The standard InChI is InChI=1S/C22H36N2O3/c1-15(2)19-9-8-16(3)10-20(19)27-22(4,5)21(26)24-12-17(11-23(6)7)18(13-24)14-25/h8-10,15,17-18,25H,11-14H2,1-7H3/t17-,18-/m1/s1. The van der Waals surface area contributed by atoms with E-state index in [1.807, 2.05) is 45.8 Å². The Morgan fingerprint density at radius 3 is 2.48 bits per heavy atom. The maximum atomic E-state index is 13.2. The Bertz CT molecular complexity index is 655. The second kappa shape index (κ2) is 8.61. The molecule has 0 spiro atoms. The second-order valence-electron chi connectivity index (χ2n) is 8.98. The molecule has 1 saturated heterocycles. The summed E-state index contributed by atoms with van der Waals surface area (Å²) in [6.07, 6.45) is 0. The van der Waals surface area contributed by atoms with E-state index in [4.69, 9.17) is 4.74 Å². The number of likely N-dealkylation sites (tertiary alicyclic amines) is 1. The molecule has 2 rings (SSSR count). The van der Waals surface area contributed by atoms with Gasteiger partial charge < -0.3 is 19.6 Å². The summed E-state index contributed by atoms with van der Waals surface area (Å²) in [6.45, 7) is 12.2. The molecule has 1 heterocycles. The number of nitrogens with zero attached hydrogens (tertiary/aromatic N) is 2. The molecule has 1 amide bonds. The van der Waals surface area contributed by atoms with E-state index >= 15 is 0 Å². The fourth-order valence-electron chi connectivity index (χ4n) is 3.89. The summed E-state index contributed by atoms with van der Waals surface area (Å²) >= 11 is 0. The van der Waals surface area contributed by atoms with E-state index in [0.29, 0.717) is 19.0 Å². The van der Waals surface area contributed by atoms with Crippen LogP contribution in [0.15, 0.2) is 18.2 Å². The van der Waals surface area contributed by atoms with Crippen LogP contribution in [0.2, 0.25) is 0 Å². The molecule has 1 N–H and O–H groups in total. The molecule has 152 valence electrons. The lowest BCUT2D eigenvalue weighted by atomic mass is 9.97. The number of carbonyl (C=O) groups excluding carboxylic acids is 1. The van der Waals surface area contributed by atoms with Gasteiger partial charge in [0.25, 0.3) is 5.91 Å². The first-order valence-electron chi connectivity index (χ1n) is 9.89.